The van der Waals surface area contributed by atoms with Crippen LogP contribution >= 0.6 is 0 Å². The molecule has 84 valence electrons. The van der Waals surface area contributed by atoms with Gasteiger partial charge in [-0.05, 0) is 29.2 Å². The molecule has 0 amide bonds. The first-order valence-corrected chi connectivity index (χ1v) is 5.67. The van der Waals surface area contributed by atoms with Crippen molar-refractivity contribution in [2.75, 3.05) is 0 Å². The van der Waals surface area contributed by atoms with Gasteiger partial charge in [0.1, 0.15) is 0 Å². The maximum atomic E-state index is 3.46. The van der Waals surface area contributed by atoms with E-state index in [1.54, 1.807) is 0 Å². The summed E-state index contributed by atoms with van der Waals surface area (Å²) in [5.74, 6) is 0. The molecule has 18 heavy (non-hydrogen) atoms. The molecule has 0 aliphatic carbocycles. The van der Waals surface area contributed by atoms with Gasteiger partial charge in [0, 0.05) is 5.57 Å². The molecular formula is C18H12. The molecule has 0 spiro atoms. The third-order valence-corrected chi connectivity index (χ3v) is 2.46. The van der Waals surface area contributed by atoms with E-state index in [-0.39, 0.29) is 0 Å². The second kappa shape index (κ2) is 6.14. The molecule has 0 radical (unpaired) electrons. The van der Waals surface area contributed by atoms with Crippen molar-refractivity contribution < 1.29 is 0 Å². The average molecular weight is 228 g/mol. The normalized spacial score (nSPS) is 8.44. The van der Waals surface area contributed by atoms with Crippen LogP contribution in [0.3, 0.4) is 0 Å². The van der Waals surface area contributed by atoms with E-state index < -0.39 is 0 Å². The van der Waals surface area contributed by atoms with Gasteiger partial charge in [0.25, 0.3) is 0 Å². The molecule has 0 aromatic heterocycles. The van der Waals surface area contributed by atoms with E-state index in [1.165, 1.54) is 0 Å². The highest BCUT2D eigenvalue weighted by Crippen LogP contribution is 2.21. The number of hydrogen-bond acceptors (Lipinski definition) is 0. The van der Waals surface area contributed by atoms with Crippen molar-refractivity contribution >= 4 is 5.57 Å². The Bertz CT molecular complexity index is 626. The summed E-state index contributed by atoms with van der Waals surface area (Å²) in [6.45, 7) is 3.46. The van der Waals surface area contributed by atoms with Gasteiger partial charge < -0.3 is 0 Å². The largest absolute Gasteiger partial charge is 0.0687 e. The fraction of sp³-hybridized carbons (Fsp3) is 0. The third kappa shape index (κ3) is 2.91. The number of rotatable bonds is 2. The highest BCUT2D eigenvalue weighted by molar-refractivity contribution is 5.79. The summed E-state index contributed by atoms with van der Waals surface area (Å²) in [6, 6.07) is 20.2. The monoisotopic (exact) mass is 228 g/mol. The Kier molecular flexibility index (Phi) is 4.02. The summed E-state index contributed by atoms with van der Waals surface area (Å²) in [7, 11) is 0. The van der Waals surface area contributed by atoms with Crippen LogP contribution in [0.4, 0.5) is 0 Å². The van der Waals surface area contributed by atoms with Crippen LogP contribution in [0.15, 0.2) is 90.2 Å². The highest BCUT2D eigenvalue weighted by Gasteiger charge is 2.02. The average Bonchev–Trinajstić information content (AvgIpc) is 2.46. The van der Waals surface area contributed by atoms with Gasteiger partial charge in [-0.2, -0.15) is 0 Å². The first-order chi connectivity index (χ1) is 8.92. The van der Waals surface area contributed by atoms with Gasteiger partial charge in [-0.1, -0.05) is 72.1 Å². The Balaban J connectivity index is 2.68. The molecule has 2 rings (SSSR count). The molecule has 0 heterocycles. The topological polar surface area (TPSA) is 0 Å². The van der Waals surface area contributed by atoms with E-state index in [9.17, 15) is 0 Å². The van der Waals surface area contributed by atoms with Gasteiger partial charge in [-0.15, -0.1) is 0 Å². The van der Waals surface area contributed by atoms with Crippen LogP contribution in [-0.4, -0.2) is 0 Å². The van der Waals surface area contributed by atoms with E-state index in [0.717, 1.165) is 16.7 Å². The van der Waals surface area contributed by atoms with Gasteiger partial charge in [0.05, 0.1) is 0 Å². The van der Waals surface area contributed by atoms with Crippen molar-refractivity contribution in [2.24, 2.45) is 0 Å². The molecule has 0 atom stereocenters. The predicted molar refractivity (Wildman–Crippen MR) is 75.1 cm³/mol. The number of benzene rings is 2. The Hall–Kier alpha value is -2.70. The lowest BCUT2D eigenvalue weighted by Crippen LogP contribution is -1.85. The third-order valence-electron chi connectivity index (χ3n) is 2.46. The second-order valence-electron chi connectivity index (χ2n) is 3.66. The lowest BCUT2D eigenvalue weighted by molar-refractivity contribution is 1.55. The number of hydrogen-bond donors (Lipinski definition) is 0. The molecule has 0 N–H and O–H groups in total. The molecule has 2 aromatic rings. The van der Waals surface area contributed by atoms with Crippen molar-refractivity contribution in [3.8, 4) is 0 Å². The quantitative estimate of drug-likeness (QED) is 0.669. The van der Waals surface area contributed by atoms with Gasteiger partial charge in [-0.3, -0.25) is 0 Å². The van der Waals surface area contributed by atoms with Gasteiger partial charge in [0.2, 0.25) is 0 Å². The van der Waals surface area contributed by atoms with Crippen LogP contribution in [-0.2, 0) is 0 Å². The smallest absolute Gasteiger partial charge is 0.0400 e. The summed E-state index contributed by atoms with van der Waals surface area (Å²) in [4.78, 5) is 0. The van der Waals surface area contributed by atoms with E-state index in [4.69, 9.17) is 0 Å². The molecule has 2 aromatic carbocycles. The molecule has 0 aliphatic rings. The fourth-order valence-corrected chi connectivity index (χ4v) is 1.66. The van der Waals surface area contributed by atoms with Crippen LogP contribution in [0, 0.1) is 0 Å². The minimum Gasteiger partial charge on any atom is -0.0687 e. The first-order valence-electron chi connectivity index (χ1n) is 5.67. The van der Waals surface area contributed by atoms with E-state index in [2.05, 4.69) is 53.8 Å². The van der Waals surface area contributed by atoms with Crippen molar-refractivity contribution in [2.45, 2.75) is 0 Å². The second-order valence-corrected chi connectivity index (χ2v) is 3.66. The minimum absolute atomic E-state index is 0.985. The summed E-state index contributed by atoms with van der Waals surface area (Å²) in [5, 5.41) is 0. The van der Waals surface area contributed by atoms with Crippen molar-refractivity contribution in [1.29, 1.82) is 0 Å². The Morgan fingerprint density at radius 2 is 1.22 bits per heavy atom. The SMILES string of the molecule is C=C=C=C=C=C(c1ccccc1)c1ccccc1. The van der Waals surface area contributed by atoms with Crippen LogP contribution in [0.2, 0.25) is 0 Å². The van der Waals surface area contributed by atoms with Crippen LogP contribution in [0.1, 0.15) is 11.1 Å². The lowest BCUT2D eigenvalue weighted by Gasteiger charge is -2.04. The predicted octanol–water partition coefficient (Wildman–Crippen LogP) is 4.37. The molecule has 0 saturated carbocycles. The molecule has 0 nitrogen and oxygen atoms in total. The van der Waals surface area contributed by atoms with Crippen molar-refractivity contribution in [3.63, 3.8) is 0 Å². The zero-order valence-corrected chi connectivity index (χ0v) is 9.98. The first kappa shape index (κ1) is 11.8. The molecule has 0 bridgehead atoms. The van der Waals surface area contributed by atoms with Crippen molar-refractivity contribution in [1.82, 2.24) is 0 Å². The lowest BCUT2D eigenvalue weighted by atomic mass is 9.99. The Morgan fingerprint density at radius 3 is 1.67 bits per heavy atom. The Morgan fingerprint density at radius 1 is 0.722 bits per heavy atom. The molecular weight excluding hydrogens is 216 g/mol. The van der Waals surface area contributed by atoms with Gasteiger partial charge in [-0.25, -0.2) is 0 Å². The van der Waals surface area contributed by atoms with E-state index >= 15 is 0 Å². The van der Waals surface area contributed by atoms with Crippen molar-refractivity contribution in [3.05, 3.63) is 101 Å². The maximum Gasteiger partial charge on any atom is 0.0400 e. The standard InChI is InChI=1S/C18H12/c1-2-3-6-15-18(16-11-7-4-8-12-16)17-13-9-5-10-14-17/h4-5,7-14H,1H2. The zero-order chi connectivity index (χ0) is 12.6. The summed E-state index contributed by atoms with van der Waals surface area (Å²) < 4.78 is 0. The maximum absolute atomic E-state index is 3.46. The molecule has 0 saturated heterocycles. The molecule has 0 heteroatoms. The fourth-order valence-electron chi connectivity index (χ4n) is 1.66. The van der Waals surface area contributed by atoms with Crippen LogP contribution < -0.4 is 0 Å². The molecule has 0 aliphatic heterocycles. The van der Waals surface area contributed by atoms with E-state index in [0.29, 0.717) is 0 Å². The minimum atomic E-state index is 0.985. The zero-order valence-electron chi connectivity index (χ0n) is 9.98. The van der Waals surface area contributed by atoms with Crippen LogP contribution in [0.5, 0.6) is 0 Å². The van der Waals surface area contributed by atoms with Gasteiger partial charge >= 0.3 is 0 Å². The molecule has 0 unspecified atom stereocenters. The van der Waals surface area contributed by atoms with Crippen LogP contribution in [0.25, 0.3) is 5.57 Å². The highest BCUT2D eigenvalue weighted by atomic mass is 14.0. The van der Waals surface area contributed by atoms with E-state index in [1.807, 2.05) is 36.4 Å². The summed E-state index contributed by atoms with van der Waals surface area (Å²) in [6.07, 6.45) is 0. The molecule has 0 fully saturated rings. The summed E-state index contributed by atoms with van der Waals surface area (Å²) >= 11 is 0. The summed E-state index contributed by atoms with van der Waals surface area (Å²) in [5.41, 5.74) is 14.3. The van der Waals surface area contributed by atoms with Gasteiger partial charge in [0.15, 0.2) is 0 Å². The Labute approximate surface area is 107 Å².